The van der Waals surface area contributed by atoms with Crippen molar-refractivity contribution in [3.05, 3.63) is 66.0 Å². The Balaban J connectivity index is 1.71. The van der Waals surface area contributed by atoms with E-state index in [1.165, 1.54) is 11.0 Å². The number of amides is 1. The van der Waals surface area contributed by atoms with Crippen molar-refractivity contribution in [2.24, 2.45) is 0 Å². The molecular formula is C18H17N5O3. The number of anilines is 1. The SMILES string of the molecule is Cc1cc(NC(=O)CC(C(=O)O)c2ccccc2)ccc1-n1cnnn1. The molecule has 0 saturated carbocycles. The fourth-order valence-electron chi connectivity index (χ4n) is 2.69. The molecule has 0 radical (unpaired) electrons. The number of rotatable bonds is 6. The van der Waals surface area contributed by atoms with Crippen molar-refractivity contribution in [2.75, 3.05) is 5.32 Å². The number of nitrogens with zero attached hydrogens (tertiary/aromatic N) is 4. The maximum atomic E-state index is 12.3. The molecule has 0 fully saturated rings. The monoisotopic (exact) mass is 351 g/mol. The molecule has 0 aliphatic rings. The highest BCUT2D eigenvalue weighted by Gasteiger charge is 2.23. The van der Waals surface area contributed by atoms with Crippen LogP contribution < -0.4 is 5.32 Å². The Morgan fingerprint density at radius 1 is 1.19 bits per heavy atom. The number of aromatic nitrogens is 4. The van der Waals surface area contributed by atoms with Crippen LogP contribution in [0.25, 0.3) is 5.69 Å². The van der Waals surface area contributed by atoms with Gasteiger partial charge in [0.1, 0.15) is 6.33 Å². The van der Waals surface area contributed by atoms with Crippen LogP contribution in [0.4, 0.5) is 5.69 Å². The number of carbonyl (C=O) groups excluding carboxylic acids is 1. The van der Waals surface area contributed by atoms with Gasteiger partial charge in [-0.2, -0.15) is 0 Å². The molecule has 3 aromatic rings. The summed E-state index contributed by atoms with van der Waals surface area (Å²) in [5.74, 6) is -2.29. The van der Waals surface area contributed by atoms with Crippen LogP contribution in [0.5, 0.6) is 0 Å². The zero-order chi connectivity index (χ0) is 18.5. The van der Waals surface area contributed by atoms with Gasteiger partial charge in [-0.25, -0.2) is 4.68 Å². The van der Waals surface area contributed by atoms with E-state index in [1.807, 2.05) is 6.92 Å². The molecule has 1 heterocycles. The minimum absolute atomic E-state index is 0.146. The van der Waals surface area contributed by atoms with E-state index >= 15 is 0 Å². The average Bonchev–Trinajstić information content (AvgIpc) is 3.14. The topological polar surface area (TPSA) is 110 Å². The number of nitrogens with one attached hydrogen (secondary N) is 1. The highest BCUT2D eigenvalue weighted by molar-refractivity contribution is 5.94. The number of carbonyl (C=O) groups is 2. The van der Waals surface area contributed by atoms with Crippen LogP contribution >= 0.6 is 0 Å². The lowest BCUT2D eigenvalue weighted by Crippen LogP contribution is -2.21. The Labute approximate surface area is 149 Å². The average molecular weight is 351 g/mol. The van der Waals surface area contributed by atoms with E-state index in [2.05, 4.69) is 20.8 Å². The normalized spacial score (nSPS) is 11.7. The second-order valence-corrected chi connectivity index (χ2v) is 5.81. The summed E-state index contributed by atoms with van der Waals surface area (Å²) in [6.07, 6.45) is 1.34. The van der Waals surface area contributed by atoms with Crippen molar-refractivity contribution in [1.29, 1.82) is 0 Å². The summed E-state index contributed by atoms with van der Waals surface area (Å²) in [5, 5.41) is 23.2. The van der Waals surface area contributed by atoms with Gasteiger partial charge in [-0.15, -0.1) is 5.10 Å². The zero-order valence-corrected chi connectivity index (χ0v) is 14.0. The first-order valence-corrected chi connectivity index (χ1v) is 7.96. The van der Waals surface area contributed by atoms with Crippen molar-refractivity contribution >= 4 is 17.6 Å². The molecule has 0 saturated heterocycles. The van der Waals surface area contributed by atoms with Gasteiger partial charge in [-0.05, 0) is 46.7 Å². The number of aliphatic carboxylic acids is 1. The van der Waals surface area contributed by atoms with E-state index in [0.29, 0.717) is 11.3 Å². The third kappa shape index (κ3) is 3.92. The van der Waals surface area contributed by atoms with Gasteiger partial charge in [0.2, 0.25) is 5.91 Å². The minimum atomic E-state index is -1.03. The van der Waals surface area contributed by atoms with E-state index < -0.39 is 11.9 Å². The molecule has 132 valence electrons. The van der Waals surface area contributed by atoms with Crippen molar-refractivity contribution in [2.45, 2.75) is 19.3 Å². The molecule has 0 aliphatic heterocycles. The van der Waals surface area contributed by atoms with Crippen LogP contribution in [0.2, 0.25) is 0 Å². The lowest BCUT2D eigenvalue weighted by Gasteiger charge is -2.13. The lowest BCUT2D eigenvalue weighted by molar-refractivity contribution is -0.140. The first kappa shape index (κ1) is 17.3. The van der Waals surface area contributed by atoms with Crippen molar-refractivity contribution in [3.63, 3.8) is 0 Å². The molecule has 1 aromatic heterocycles. The Hall–Kier alpha value is -3.55. The smallest absolute Gasteiger partial charge is 0.311 e. The molecule has 8 heteroatoms. The lowest BCUT2D eigenvalue weighted by atomic mass is 9.95. The highest BCUT2D eigenvalue weighted by Crippen LogP contribution is 2.22. The Morgan fingerprint density at radius 3 is 2.58 bits per heavy atom. The number of hydrogen-bond acceptors (Lipinski definition) is 5. The fraction of sp³-hybridized carbons (Fsp3) is 0.167. The van der Waals surface area contributed by atoms with Crippen LogP contribution in [-0.4, -0.2) is 37.2 Å². The molecule has 8 nitrogen and oxygen atoms in total. The molecule has 0 aliphatic carbocycles. The number of carboxylic acids is 1. The van der Waals surface area contributed by atoms with Gasteiger partial charge >= 0.3 is 5.97 Å². The molecule has 0 bridgehead atoms. The molecule has 1 atom stereocenters. The van der Waals surface area contributed by atoms with E-state index in [0.717, 1.165) is 11.3 Å². The standard InChI is InChI=1S/C18H17N5O3/c1-12-9-14(7-8-16(12)23-11-19-21-22-23)20-17(24)10-15(18(25)26)13-5-3-2-4-6-13/h2-9,11,15H,10H2,1H3,(H,20,24)(H,25,26). The first-order valence-electron chi connectivity index (χ1n) is 7.96. The van der Waals surface area contributed by atoms with Crippen molar-refractivity contribution in [3.8, 4) is 5.69 Å². The fourth-order valence-corrected chi connectivity index (χ4v) is 2.69. The van der Waals surface area contributed by atoms with Crippen LogP contribution in [0, 0.1) is 6.92 Å². The Bertz CT molecular complexity index is 910. The molecule has 1 unspecified atom stereocenters. The number of benzene rings is 2. The van der Waals surface area contributed by atoms with Crippen LogP contribution in [0.15, 0.2) is 54.9 Å². The molecule has 3 rings (SSSR count). The molecule has 1 amide bonds. The number of carboxylic acid groups (broad SMARTS) is 1. The summed E-state index contributed by atoms with van der Waals surface area (Å²) >= 11 is 0. The summed E-state index contributed by atoms with van der Waals surface area (Å²) < 4.78 is 1.52. The summed E-state index contributed by atoms with van der Waals surface area (Å²) in [4.78, 5) is 23.8. The van der Waals surface area contributed by atoms with E-state index in [9.17, 15) is 14.7 Å². The van der Waals surface area contributed by atoms with Gasteiger partial charge in [0.05, 0.1) is 11.6 Å². The summed E-state index contributed by atoms with van der Waals surface area (Å²) in [6, 6.07) is 14.0. The van der Waals surface area contributed by atoms with Gasteiger partial charge in [0.25, 0.3) is 0 Å². The number of tetrazole rings is 1. The molecule has 2 aromatic carbocycles. The van der Waals surface area contributed by atoms with Gasteiger partial charge in [-0.1, -0.05) is 30.3 Å². The van der Waals surface area contributed by atoms with Crippen LogP contribution in [-0.2, 0) is 9.59 Å². The van der Waals surface area contributed by atoms with Gasteiger partial charge in [0.15, 0.2) is 0 Å². The number of hydrogen-bond donors (Lipinski definition) is 2. The first-order chi connectivity index (χ1) is 12.5. The molecule has 0 spiro atoms. The Kier molecular flexibility index (Phi) is 5.02. The zero-order valence-electron chi connectivity index (χ0n) is 14.0. The highest BCUT2D eigenvalue weighted by atomic mass is 16.4. The van der Waals surface area contributed by atoms with Gasteiger partial charge in [-0.3, -0.25) is 9.59 Å². The predicted octanol–water partition coefficient (Wildman–Crippen LogP) is 2.17. The minimum Gasteiger partial charge on any atom is -0.481 e. The van der Waals surface area contributed by atoms with Gasteiger partial charge in [0, 0.05) is 12.1 Å². The van der Waals surface area contributed by atoms with E-state index in [-0.39, 0.29) is 12.3 Å². The third-order valence-corrected chi connectivity index (χ3v) is 3.97. The summed E-state index contributed by atoms with van der Waals surface area (Å²) in [5.41, 5.74) is 2.84. The van der Waals surface area contributed by atoms with Crippen LogP contribution in [0.3, 0.4) is 0 Å². The summed E-state index contributed by atoms with van der Waals surface area (Å²) in [7, 11) is 0. The van der Waals surface area contributed by atoms with E-state index in [4.69, 9.17) is 0 Å². The third-order valence-electron chi connectivity index (χ3n) is 3.97. The maximum Gasteiger partial charge on any atom is 0.311 e. The largest absolute Gasteiger partial charge is 0.481 e. The number of aryl methyl sites for hydroxylation is 1. The molecular weight excluding hydrogens is 334 g/mol. The molecule has 2 N–H and O–H groups in total. The Morgan fingerprint density at radius 2 is 1.96 bits per heavy atom. The maximum absolute atomic E-state index is 12.3. The van der Waals surface area contributed by atoms with Crippen molar-refractivity contribution in [1.82, 2.24) is 20.2 Å². The molecule has 26 heavy (non-hydrogen) atoms. The van der Waals surface area contributed by atoms with E-state index in [1.54, 1.807) is 48.5 Å². The summed E-state index contributed by atoms with van der Waals surface area (Å²) in [6.45, 7) is 1.87. The second-order valence-electron chi connectivity index (χ2n) is 5.81. The second kappa shape index (κ2) is 7.56. The quantitative estimate of drug-likeness (QED) is 0.704. The van der Waals surface area contributed by atoms with Crippen molar-refractivity contribution < 1.29 is 14.7 Å². The van der Waals surface area contributed by atoms with Gasteiger partial charge < -0.3 is 10.4 Å². The predicted molar refractivity (Wildman–Crippen MR) is 94.0 cm³/mol. The van der Waals surface area contributed by atoms with Crippen LogP contribution in [0.1, 0.15) is 23.5 Å².